The topological polar surface area (TPSA) is 78.5 Å². The molecule has 0 saturated carbocycles. The van der Waals surface area contributed by atoms with Gasteiger partial charge in [-0.15, -0.1) is 0 Å². The summed E-state index contributed by atoms with van der Waals surface area (Å²) in [5, 5.41) is 6.17. The molecule has 0 bridgehead atoms. The van der Waals surface area contributed by atoms with Crippen LogP contribution in [0.25, 0.3) is 0 Å². The molecule has 1 aliphatic heterocycles. The summed E-state index contributed by atoms with van der Waals surface area (Å²) in [5.74, 6) is 7.07. The molecule has 0 spiro atoms. The number of nitrogens with zero attached hydrogens (tertiary/aromatic N) is 1. The van der Waals surface area contributed by atoms with Gasteiger partial charge in [0.15, 0.2) is 0 Å². The lowest BCUT2D eigenvalue weighted by atomic mass is 10.0. The second kappa shape index (κ2) is 15.4. The van der Waals surface area contributed by atoms with Crippen LogP contribution in [0.2, 0.25) is 0 Å². The number of carbonyl (C=O) groups excluding carboxylic acids is 3. The van der Waals surface area contributed by atoms with Gasteiger partial charge >= 0.3 is 0 Å². The van der Waals surface area contributed by atoms with Crippen LogP contribution in [0.5, 0.6) is 0 Å². The Morgan fingerprint density at radius 2 is 1.59 bits per heavy atom. The Labute approximate surface area is 228 Å². The molecule has 0 aromatic heterocycles. The highest BCUT2D eigenvalue weighted by Gasteiger charge is 2.21. The van der Waals surface area contributed by atoms with E-state index >= 15 is 0 Å². The summed E-state index contributed by atoms with van der Waals surface area (Å²) >= 11 is 0. The van der Waals surface area contributed by atoms with Crippen molar-refractivity contribution in [2.24, 2.45) is 0 Å². The number of rotatable bonds is 13. The maximum atomic E-state index is 13.2. The minimum Gasteiger partial charge on any atom is -0.356 e. The molecule has 1 atom stereocenters. The Morgan fingerprint density at radius 1 is 0.919 bits per heavy atom. The molecule has 3 amide bonds. The molecule has 0 fully saturated rings. The molecule has 2 aromatic carbocycles. The van der Waals surface area contributed by atoms with Crippen molar-refractivity contribution in [2.75, 3.05) is 23.7 Å². The van der Waals surface area contributed by atoms with E-state index in [1.165, 1.54) is 0 Å². The number of anilines is 1. The molecule has 2 aromatic rings. The number of fused-ring (bicyclic) bond motifs is 2. The molecule has 2 N–H and O–H groups in total. The zero-order chi connectivity index (χ0) is 26.5. The summed E-state index contributed by atoms with van der Waals surface area (Å²) in [5.41, 5.74) is 3.49. The second-order valence-corrected chi connectivity index (χ2v) is 11.8. The highest BCUT2D eigenvalue weighted by Crippen LogP contribution is 2.29. The number of benzene rings is 2. The second-order valence-electron chi connectivity index (χ2n) is 8.87. The fraction of sp³-hybridized carbons (Fsp3) is 0.414. The van der Waals surface area contributed by atoms with Crippen molar-refractivity contribution in [3.8, 4) is 11.8 Å². The highest BCUT2D eigenvalue weighted by molar-refractivity contribution is 8.76. The van der Waals surface area contributed by atoms with Crippen molar-refractivity contribution in [3.05, 3.63) is 65.2 Å². The highest BCUT2D eigenvalue weighted by atomic mass is 33.1. The summed E-state index contributed by atoms with van der Waals surface area (Å²) in [6.45, 7) is 5.85. The maximum absolute atomic E-state index is 13.2. The summed E-state index contributed by atoms with van der Waals surface area (Å²) < 4.78 is 0. The van der Waals surface area contributed by atoms with Gasteiger partial charge in [0.2, 0.25) is 17.7 Å². The third-order valence-electron chi connectivity index (χ3n) is 5.83. The largest absolute Gasteiger partial charge is 0.356 e. The average Bonchev–Trinajstić information content (AvgIpc) is 2.90. The van der Waals surface area contributed by atoms with Gasteiger partial charge in [0, 0.05) is 54.5 Å². The predicted molar refractivity (Wildman–Crippen MR) is 154 cm³/mol. The molecule has 37 heavy (non-hydrogen) atoms. The van der Waals surface area contributed by atoms with Gasteiger partial charge < -0.3 is 15.5 Å². The molecule has 0 aliphatic carbocycles. The zero-order valence-corrected chi connectivity index (χ0v) is 23.2. The molecule has 1 heterocycles. The smallest absolute Gasteiger partial charge is 0.227 e. The minimum atomic E-state index is -0.125. The van der Waals surface area contributed by atoms with E-state index in [0.29, 0.717) is 24.8 Å². The van der Waals surface area contributed by atoms with Gasteiger partial charge in [0.05, 0.1) is 12.2 Å². The Kier molecular flexibility index (Phi) is 11.9. The first-order chi connectivity index (χ1) is 18.0. The minimum absolute atomic E-state index is 0.0946. The summed E-state index contributed by atoms with van der Waals surface area (Å²) in [4.78, 5) is 39.1. The molecular formula is C29H35N3O3S2. The SMILES string of the molecule is CCCNC(=O)CCC(C)SSCCNC(=O)CCC(=O)N1Cc2ccccc2C#Cc2ccccc21. The first kappa shape index (κ1) is 28.7. The molecule has 0 saturated heterocycles. The van der Waals surface area contributed by atoms with Crippen molar-refractivity contribution >= 4 is 45.0 Å². The third-order valence-corrected chi connectivity index (χ3v) is 8.79. The van der Waals surface area contributed by atoms with E-state index < -0.39 is 0 Å². The Balaban J connectivity index is 1.40. The molecule has 1 aliphatic rings. The van der Waals surface area contributed by atoms with Crippen LogP contribution in [0, 0.1) is 11.8 Å². The van der Waals surface area contributed by atoms with Crippen molar-refractivity contribution in [1.29, 1.82) is 0 Å². The third kappa shape index (κ3) is 9.49. The Hall–Kier alpha value is -2.89. The number of carbonyl (C=O) groups is 3. The van der Waals surface area contributed by atoms with Crippen LogP contribution in [-0.4, -0.2) is 41.8 Å². The van der Waals surface area contributed by atoms with Crippen molar-refractivity contribution in [2.45, 2.75) is 57.7 Å². The van der Waals surface area contributed by atoms with Crippen LogP contribution in [0.15, 0.2) is 48.5 Å². The molecule has 196 valence electrons. The van der Waals surface area contributed by atoms with E-state index in [1.807, 2.05) is 55.5 Å². The van der Waals surface area contributed by atoms with Gasteiger partial charge in [0.1, 0.15) is 0 Å². The lowest BCUT2D eigenvalue weighted by Gasteiger charge is -2.26. The van der Waals surface area contributed by atoms with Crippen molar-refractivity contribution < 1.29 is 14.4 Å². The summed E-state index contributed by atoms with van der Waals surface area (Å²) in [6, 6.07) is 15.5. The average molecular weight is 538 g/mol. The van der Waals surface area contributed by atoms with E-state index in [9.17, 15) is 14.4 Å². The molecule has 6 nitrogen and oxygen atoms in total. The number of hydrogen-bond donors (Lipinski definition) is 2. The van der Waals surface area contributed by atoms with Crippen LogP contribution in [0.3, 0.4) is 0 Å². The first-order valence-electron chi connectivity index (χ1n) is 12.8. The first-order valence-corrected chi connectivity index (χ1v) is 15.2. The molecule has 3 rings (SSSR count). The lowest BCUT2D eigenvalue weighted by Crippen LogP contribution is -2.33. The van der Waals surface area contributed by atoms with Crippen LogP contribution in [-0.2, 0) is 20.9 Å². The number of amides is 3. The zero-order valence-electron chi connectivity index (χ0n) is 21.5. The molecule has 0 radical (unpaired) electrons. The summed E-state index contributed by atoms with van der Waals surface area (Å²) in [6.07, 6.45) is 2.60. The number of nitrogens with one attached hydrogen (secondary N) is 2. The maximum Gasteiger partial charge on any atom is 0.227 e. The van der Waals surface area contributed by atoms with Crippen molar-refractivity contribution in [1.82, 2.24) is 10.6 Å². The van der Waals surface area contributed by atoms with Gasteiger partial charge in [-0.3, -0.25) is 14.4 Å². The van der Waals surface area contributed by atoms with Crippen LogP contribution in [0.1, 0.15) is 62.6 Å². The van der Waals surface area contributed by atoms with Gasteiger partial charge in [-0.05, 0) is 36.6 Å². The van der Waals surface area contributed by atoms with Crippen LogP contribution >= 0.6 is 21.6 Å². The normalized spacial score (nSPS) is 12.6. The Bertz CT molecular complexity index is 1140. The lowest BCUT2D eigenvalue weighted by molar-refractivity contribution is -0.125. The van der Waals surface area contributed by atoms with Crippen LogP contribution in [0.4, 0.5) is 5.69 Å². The molecular weight excluding hydrogens is 502 g/mol. The van der Waals surface area contributed by atoms with E-state index in [2.05, 4.69) is 29.4 Å². The van der Waals surface area contributed by atoms with Gasteiger partial charge in [-0.1, -0.05) is 77.6 Å². The van der Waals surface area contributed by atoms with Gasteiger partial charge in [0.25, 0.3) is 0 Å². The van der Waals surface area contributed by atoms with E-state index in [-0.39, 0.29) is 30.6 Å². The fourth-order valence-corrected chi connectivity index (χ4v) is 6.04. The van der Waals surface area contributed by atoms with Gasteiger partial charge in [-0.2, -0.15) is 0 Å². The predicted octanol–water partition coefficient (Wildman–Crippen LogP) is 4.91. The molecule has 8 heteroatoms. The molecule has 1 unspecified atom stereocenters. The summed E-state index contributed by atoms with van der Waals surface area (Å²) in [7, 11) is 3.43. The van der Waals surface area contributed by atoms with E-state index in [4.69, 9.17) is 0 Å². The quantitative estimate of drug-likeness (QED) is 0.216. The van der Waals surface area contributed by atoms with E-state index in [0.717, 1.165) is 47.5 Å². The van der Waals surface area contributed by atoms with Gasteiger partial charge in [-0.25, -0.2) is 0 Å². The van der Waals surface area contributed by atoms with Crippen molar-refractivity contribution in [3.63, 3.8) is 0 Å². The van der Waals surface area contributed by atoms with Crippen LogP contribution < -0.4 is 15.5 Å². The number of para-hydroxylation sites is 1. The Morgan fingerprint density at radius 3 is 2.41 bits per heavy atom. The van der Waals surface area contributed by atoms with E-state index in [1.54, 1.807) is 26.5 Å². The monoisotopic (exact) mass is 537 g/mol. The standard InChI is InChI=1S/C29H35N3O3S2/c1-3-18-30-27(33)15-12-22(2)37-36-20-19-31-28(34)16-17-29(35)32-21-25-10-5-4-8-23(25)13-14-24-9-6-7-11-26(24)32/h4-11,22H,3,12,15-21H2,1-2H3,(H,30,33)(H,31,34). The fourth-order valence-electron chi connectivity index (χ4n) is 3.78. The number of hydrogen-bond acceptors (Lipinski definition) is 5.